The first-order chi connectivity index (χ1) is 14.3. The Kier molecular flexibility index (Phi) is 7.97. The summed E-state index contributed by atoms with van der Waals surface area (Å²) in [4.78, 5) is 0. The van der Waals surface area contributed by atoms with E-state index in [0.29, 0.717) is 0 Å². The molecule has 152 valence electrons. The summed E-state index contributed by atoms with van der Waals surface area (Å²) in [5, 5.41) is 0. The Bertz CT molecular complexity index is 814. The van der Waals surface area contributed by atoms with Crippen LogP contribution in [0.15, 0.2) is 121 Å². The first-order valence-electron chi connectivity index (χ1n) is 10.3. The molecule has 0 aliphatic rings. The maximum Gasteiger partial charge on any atom is 0.0852 e. The van der Waals surface area contributed by atoms with Gasteiger partial charge in [-0.1, -0.05) is 121 Å². The van der Waals surface area contributed by atoms with Crippen LogP contribution in [0, 0.1) is 0 Å². The Morgan fingerprint density at radius 2 is 0.533 bits per heavy atom. The molecule has 4 aromatic carbocycles. The van der Waals surface area contributed by atoms with Crippen molar-refractivity contribution in [3.05, 3.63) is 144 Å². The summed E-state index contributed by atoms with van der Waals surface area (Å²) in [5.74, 6) is 0. The van der Waals surface area contributed by atoms with Gasteiger partial charge in [-0.05, 0) is 22.3 Å². The topological polar surface area (TPSA) is 30.0 Å². The molecule has 0 heterocycles. The predicted molar refractivity (Wildman–Crippen MR) is 129 cm³/mol. The Balaban J connectivity index is 0.00000256. The number of rotatable bonds is 8. The highest BCUT2D eigenvalue weighted by Crippen LogP contribution is 2.68. The Morgan fingerprint density at radius 1 is 0.333 bits per heavy atom. The average Bonchev–Trinajstić information content (AvgIpc) is 2.76. The summed E-state index contributed by atoms with van der Waals surface area (Å²) >= 11 is 0. The lowest BCUT2D eigenvalue weighted by Gasteiger charge is -2.29. The highest BCUT2D eigenvalue weighted by Gasteiger charge is 2.38. The third kappa shape index (κ3) is 6.13. The SMILES string of the molecule is [OH-].c1ccc(C[P+](Cc2ccccc2)(Cc2ccccc2)Cc2ccccc2)cc1. The van der Waals surface area contributed by atoms with Gasteiger partial charge in [0.1, 0.15) is 0 Å². The maximum absolute atomic E-state index is 2.30. The van der Waals surface area contributed by atoms with Crippen molar-refractivity contribution in [1.29, 1.82) is 0 Å². The van der Waals surface area contributed by atoms with E-state index in [1.165, 1.54) is 46.9 Å². The van der Waals surface area contributed by atoms with Gasteiger partial charge >= 0.3 is 0 Å². The van der Waals surface area contributed by atoms with Gasteiger partial charge < -0.3 is 5.48 Å². The minimum Gasteiger partial charge on any atom is -0.870 e. The van der Waals surface area contributed by atoms with Gasteiger partial charge in [0, 0.05) is 7.26 Å². The van der Waals surface area contributed by atoms with Gasteiger partial charge in [0.25, 0.3) is 0 Å². The summed E-state index contributed by atoms with van der Waals surface area (Å²) < 4.78 is 0. The molecule has 0 aromatic heterocycles. The first kappa shape index (κ1) is 22.0. The fourth-order valence-corrected chi connectivity index (χ4v) is 8.83. The molecule has 0 atom stereocenters. The number of hydrogen-bond donors (Lipinski definition) is 0. The van der Waals surface area contributed by atoms with Gasteiger partial charge in [-0.2, -0.15) is 0 Å². The lowest BCUT2D eigenvalue weighted by molar-refractivity contribution is 0.824. The molecule has 1 N–H and O–H groups in total. The summed E-state index contributed by atoms with van der Waals surface area (Å²) in [6, 6.07) is 44.3. The van der Waals surface area contributed by atoms with Crippen LogP contribution in [0.25, 0.3) is 0 Å². The molecule has 4 rings (SSSR count). The maximum atomic E-state index is 2.30. The monoisotopic (exact) mass is 412 g/mol. The van der Waals surface area contributed by atoms with Crippen molar-refractivity contribution in [3.63, 3.8) is 0 Å². The molecule has 0 unspecified atom stereocenters. The van der Waals surface area contributed by atoms with E-state index >= 15 is 0 Å². The molecule has 0 aliphatic heterocycles. The van der Waals surface area contributed by atoms with Crippen LogP contribution in [0.3, 0.4) is 0 Å². The molecule has 4 aromatic rings. The van der Waals surface area contributed by atoms with Gasteiger partial charge in [0.05, 0.1) is 24.6 Å². The molecule has 0 saturated carbocycles. The van der Waals surface area contributed by atoms with E-state index in [2.05, 4.69) is 121 Å². The normalized spacial score (nSPS) is 10.9. The fraction of sp³-hybridized carbons (Fsp3) is 0.143. The molecule has 0 spiro atoms. The van der Waals surface area contributed by atoms with Crippen molar-refractivity contribution in [2.45, 2.75) is 24.6 Å². The second kappa shape index (κ2) is 10.9. The molecule has 0 aliphatic carbocycles. The molecule has 30 heavy (non-hydrogen) atoms. The van der Waals surface area contributed by atoms with Crippen molar-refractivity contribution < 1.29 is 5.48 Å². The molecular formula is C28H29OP. The highest BCUT2D eigenvalue weighted by atomic mass is 31.2. The van der Waals surface area contributed by atoms with E-state index in [4.69, 9.17) is 0 Å². The van der Waals surface area contributed by atoms with E-state index < -0.39 is 7.26 Å². The first-order valence-corrected chi connectivity index (χ1v) is 12.9. The molecule has 0 saturated heterocycles. The zero-order valence-corrected chi connectivity index (χ0v) is 18.2. The summed E-state index contributed by atoms with van der Waals surface area (Å²) in [7, 11) is -1.38. The number of benzene rings is 4. The van der Waals surface area contributed by atoms with Crippen molar-refractivity contribution >= 4 is 7.26 Å². The second-order valence-corrected chi connectivity index (χ2v) is 11.9. The van der Waals surface area contributed by atoms with Crippen molar-refractivity contribution in [1.82, 2.24) is 0 Å². The van der Waals surface area contributed by atoms with E-state index in [9.17, 15) is 0 Å². The molecule has 0 fully saturated rings. The molecule has 0 bridgehead atoms. The Morgan fingerprint density at radius 3 is 0.733 bits per heavy atom. The van der Waals surface area contributed by atoms with Crippen LogP contribution in [-0.4, -0.2) is 5.48 Å². The van der Waals surface area contributed by atoms with Crippen LogP contribution in [0.1, 0.15) is 22.3 Å². The van der Waals surface area contributed by atoms with Gasteiger partial charge in [-0.15, -0.1) is 0 Å². The summed E-state index contributed by atoms with van der Waals surface area (Å²) in [6.45, 7) is 0. The summed E-state index contributed by atoms with van der Waals surface area (Å²) in [5.41, 5.74) is 5.85. The zero-order valence-electron chi connectivity index (χ0n) is 17.3. The van der Waals surface area contributed by atoms with Gasteiger partial charge in [-0.25, -0.2) is 0 Å². The van der Waals surface area contributed by atoms with E-state index in [1.807, 2.05) is 0 Å². The third-order valence-corrected chi connectivity index (χ3v) is 9.59. The second-order valence-electron chi connectivity index (χ2n) is 7.92. The van der Waals surface area contributed by atoms with E-state index in [-0.39, 0.29) is 5.48 Å². The molecule has 2 heteroatoms. The molecule has 1 nitrogen and oxygen atoms in total. The van der Waals surface area contributed by atoms with Crippen molar-refractivity contribution in [3.8, 4) is 0 Å². The lowest BCUT2D eigenvalue weighted by atomic mass is 10.2. The van der Waals surface area contributed by atoms with Crippen LogP contribution in [0.5, 0.6) is 0 Å². The quantitative estimate of drug-likeness (QED) is 0.274. The van der Waals surface area contributed by atoms with Crippen LogP contribution < -0.4 is 0 Å². The van der Waals surface area contributed by atoms with Crippen LogP contribution in [0.2, 0.25) is 0 Å². The zero-order chi connectivity index (χ0) is 19.8. The summed E-state index contributed by atoms with van der Waals surface area (Å²) in [6.07, 6.45) is 4.69. The van der Waals surface area contributed by atoms with E-state index in [0.717, 1.165) is 0 Å². The predicted octanol–water partition coefficient (Wildman–Crippen LogP) is 7.63. The minimum atomic E-state index is -1.38. The Labute approximate surface area is 181 Å². The van der Waals surface area contributed by atoms with Crippen molar-refractivity contribution in [2.24, 2.45) is 0 Å². The fourth-order valence-electron chi connectivity index (χ4n) is 4.22. The molecular weight excluding hydrogens is 383 g/mol. The van der Waals surface area contributed by atoms with E-state index in [1.54, 1.807) is 0 Å². The van der Waals surface area contributed by atoms with Crippen LogP contribution >= 0.6 is 7.26 Å². The largest absolute Gasteiger partial charge is 0.870 e. The third-order valence-electron chi connectivity index (χ3n) is 5.44. The standard InChI is InChI=1S/C28H28P.H2O/c1-5-13-25(14-6-1)21-29(22-26-15-7-2-8-16-26,23-27-17-9-3-10-18-27)24-28-19-11-4-12-20-28;/h1-20H,21-24H2;1H2/q+1;/p-1. The van der Waals surface area contributed by atoms with Gasteiger partial charge in [-0.3, -0.25) is 0 Å². The molecule has 0 radical (unpaired) electrons. The van der Waals surface area contributed by atoms with Crippen LogP contribution in [-0.2, 0) is 24.6 Å². The smallest absolute Gasteiger partial charge is 0.0852 e. The van der Waals surface area contributed by atoms with Crippen LogP contribution in [0.4, 0.5) is 0 Å². The molecule has 0 amide bonds. The average molecular weight is 413 g/mol. The Hall–Kier alpha value is -2.73. The van der Waals surface area contributed by atoms with Gasteiger partial charge in [0.2, 0.25) is 0 Å². The lowest BCUT2D eigenvalue weighted by Crippen LogP contribution is -2.08. The van der Waals surface area contributed by atoms with Gasteiger partial charge in [0.15, 0.2) is 0 Å². The highest BCUT2D eigenvalue weighted by molar-refractivity contribution is 7.72. The minimum absolute atomic E-state index is 0. The number of hydrogen-bond acceptors (Lipinski definition) is 1. The van der Waals surface area contributed by atoms with Crippen molar-refractivity contribution in [2.75, 3.05) is 0 Å².